The van der Waals surface area contributed by atoms with Crippen LogP contribution in [0.2, 0.25) is 5.02 Å². The number of alkyl halides is 3. The maximum atomic E-state index is 14.2. The summed E-state index contributed by atoms with van der Waals surface area (Å²) >= 11 is 14.4. The number of aromatic nitrogens is 2. The van der Waals surface area contributed by atoms with E-state index in [0.29, 0.717) is 10.0 Å². The van der Waals surface area contributed by atoms with Crippen molar-refractivity contribution in [3.8, 4) is 0 Å². The molecule has 3 heterocycles. The topological polar surface area (TPSA) is 88.5 Å². The Hall–Kier alpha value is -2.15. The Bertz CT molecular complexity index is 1090. The Morgan fingerprint density at radius 2 is 2.03 bits per heavy atom. The Morgan fingerprint density at radius 3 is 2.62 bits per heavy atom. The molecule has 1 saturated heterocycles. The lowest BCUT2D eigenvalue weighted by Gasteiger charge is -2.31. The predicted octanol–water partition coefficient (Wildman–Crippen LogP) is 3.28. The van der Waals surface area contributed by atoms with Crippen LogP contribution < -0.4 is 10.8 Å². The van der Waals surface area contributed by atoms with Crippen molar-refractivity contribution >= 4 is 56.4 Å². The molecule has 2 N–H and O–H groups in total. The Kier molecular flexibility index (Phi) is 6.23. The highest BCUT2D eigenvalue weighted by atomic mass is 79.9. The third-order valence-corrected chi connectivity index (χ3v) is 6.21. The number of rotatable bonds is 4. The van der Waals surface area contributed by atoms with E-state index in [1.54, 1.807) is 0 Å². The molecule has 1 aromatic carbocycles. The van der Waals surface area contributed by atoms with Crippen molar-refractivity contribution < 1.29 is 22.8 Å². The second-order valence-corrected chi connectivity index (χ2v) is 9.04. The van der Waals surface area contributed by atoms with Crippen LogP contribution in [-0.2, 0) is 15.0 Å². The van der Waals surface area contributed by atoms with Crippen LogP contribution >= 0.6 is 39.7 Å². The molecule has 0 saturated carbocycles. The zero-order valence-electron chi connectivity index (χ0n) is 16.0. The minimum Gasteiger partial charge on any atom is -0.362 e. The molecule has 1 amide bonds. The van der Waals surface area contributed by atoms with E-state index in [4.69, 9.17) is 28.7 Å². The van der Waals surface area contributed by atoms with E-state index < -0.39 is 30.6 Å². The number of nitrogens with zero attached hydrogens (tertiary/aromatic N) is 3. The Morgan fingerprint density at radius 1 is 1.31 bits per heavy atom. The van der Waals surface area contributed by atoms with E-state index in [-0.39, 0.29) is 39.6 Å². The van der Waals surface area contributed by atoms with Crippen molar-refractivity contribution in [3.63, 3.8) is 0 Å². The van der Waals surface area contributed by atoms with Crippen molar-refractivity contribution in [2.24, 2.45) is 4.99 Å². The molecule has 0 bridgehead atoms. The summed E-state index contributed by atoms with van der Waals surface area (Å²) < 4.78 is 43.1. The van der Waals surface area contributed by atoms with Crippen LogP contribution in [0.3, 0.4) is 0 Å². The zero-order chi connectivity index (χ0) is 23.1. The van der Waals surface area contributed by atoms with Crippen molar-refractivity contribution in [2.75, 3.05) is 13.2 Å². The fourth-order valence-corrected chi connectivity index (χ4v) is 4.55. The molecule has 2 unspecified atom stereocenters. The van der Waals surface area contributed by atoms with Gasteiger partial charge in [-0.3, -0.25) is 14.6 Å². The maximum absolute atomic E-state index is 14.2. The van der Waals surface area contributed by atoms with Gasteiger partial charge in [-0.15, -0.1) is 0 Å². The molecule has 4 rings (SSSR count). The summed E-state index contributed by atoms with van der Waals surface area (Å²) in [5.74, 6) is -0.285. The van der Waals surface area contributed by atoms with Crippen LogP contribution in [0.5, 0.6) is 0 Å². The van der Waals surface area contributed by atoms with Gasteiger partial charge in [0, 0.05) is 33.9 Å². The number of carbonyl (C=O) groups is 1. The molecule has 2 aliphatic rings. The van der Waals surface area contributed by atoms with E-state index in [9.17, 15) is 18.0 Å². The quantitative estimate of drug-likeness (QED) is 0.571. The van der Waals surface area contributed by atoms with E-state index in [1.165, 1.54) is 30.6 Å². The van der Waals surface area contributed by atoms with Crippen LogP contribution in [0.25, 0.3) is 0 Å². The summed E-state index contributed by atoms with van der Waals surface area (Å²) in [7, 11) is 0. The first-order chi connectivity index (χ1) is 15.1. The van der Waals surface area contributed by atoms with Gasteiger partial charge < -0.3 is 5.32 Å². The molecule has 0 radical (unpaired) electrons. The normalized spacial score (nSPS) is 23.1. The number of hydrogen-bond donors (Lipinski definition) is 2. The number of hydroxylamine groups is 1. The summed E-state index contributed by atoms with van der Waals surface area (Å²) in [6.07, 6.45) is -2.25. The number of hydrogen-bond acceptors (Lipinski definition) is 6. The maximum Gasteiger partial charge on any atom is 0.400 e. The van der Waals surface area contributed by atoms with Gasteiger partial charge >= 0.3 is 6.18 Å². The van der Waals surface area contributed by atoms with Gasteiger partial charge in [-0.25, -0.2) is 15.4 Å². The predicted molar refractivity (Wildman–Crippen MR) is 118 cm³/mol. The van der Waals surface area contributed by atoms with Gasteiger partial charge in [-0.2, -0.15) is 13.2 Å². The van der Waals surface area contributed by atoms with Gasteiger partial charge in [0.05, 0.1) is 12.3 Å². The van der Waals surface area contributed by atoms with Gasteiger partial charge in [-0.1, -0.05) is 39.7 Å². The first-order valence-corrected chi connectivity index (χ1v) is 10.8. The second kappa shape index (κ2) is 8.65. The van der Waals surface area contributed by atoms with Crippen LogP contribution in [0.4, 0.5) is 13.2 Å². The molecule has 32 heavy (non-hydrogen) atoms. The summed E-state index contributed by atoms with van der Waals surface area (Å²) in [6.45, 7) is -0.394. The second-order valence-electron chi connectivity index (χ2n) is 7.28. The lowest BCUT2D eigenvalue weighted by Crippen LogP contribution is -2.44. The molecular weight excluding hydrogens is 535 g/mol. The monoisotopic (exact) mass is 547 g/mol. The highest BCUT2D eigenvalue weighted by Crippen LogP contribution is 2.48. The number of benzene rings is 1. The largest absolute Gasteiger partial charge is 0.400 e. The van der Waals surface area contributed by atoms with Gasteiger partial charge in [0.2, 0.25) is 0 Å². The SMILES string of the molecule is O=C1NOCC1NC(=S)c1cnc(C2=NCC(c3cc(Cl)cc(Br)c3)(C(F)(F)F)C2)nc1. The minimum absolute atomic E-state index is 0.0159. The first-order valence-electron chi connectivity index (χ1n) is 9.21. The van der Waals surface area contributed by atoms with Gasteiger partial charge in [0.15, 0.2) is 5.82 Å². The number of carbonyl (C=O) groups excluding carboxylic acids is 1. The average molecular weight is 549 g/mol. The number of thiocarbonyl (C=S) groups is 1. The number of nitrogens with one attached hydrogen (secondary N) is 2. The molecular formula is C19H14BrClF3N5O2S. The standard InChI is InChI=1S/C19H14BrClF3N5O2S/c20-11-1-10(2-12(21)3-11)18(19(22,23)24)4-13(27-8-18)15-25-5-9(6-26-15)17(32)28-14-7-31-29-16(14)30/h1-3,5-6,14H,4,7-8H2,(H,28,32)(H,29,30). The first kappa shape index (κ1) is 23.0. The zero-order valence-corrected chi connectivity index (χ0v) is 19.2. The highest BCUT2D eigenvalue weighted by molar-refractivity contribution is 9.10. The summed E-state index contributed by atoms with van der Waals surface area (Å²) in [5.41, 5.74) is 0.523. The van der Waals surface area contributed by atoms with Crippen LogP contribution in [0.1, 0.15) is 23.4 Å². The average Bonchev–Trinajstić information content (AvgIpc) is 3.35. The third kappa shape index (κ3) is 4.36. The number of aliphatic imine (C=N–C) groups is 1. The van der Waals surface area contributed by atoms with E-state index >= 15 is 0 Å². The van der Waals surface area contributed by atoms with Crippen LogP contribution in [0, 0.1) is 0 Å². The van der Waals surface area contributed by atoms with Crippen LogP contribution in [-0.4, -0.2) is 51.9 Å². The third-order valence-electron chi connectivity index (χ3n) is 5.18. The van der Waals surface area contributed by atoms with Crippen molar-refractivity contribution in [1.82, 2.24) is 20.8 Å². The molecule has 2 aromatic rings. The fraction of sp³-hybridized carbons (Fsp3) is 0.316. The summed E-state index contributed by atoms with van der Waals surface area (Å²) in [4.78, 5) is 29.0. The molecule has 0 aliphatic carbocycles. The Labute approximate surface area is 198 Å². The number of amides is 1. The molecule has 2 atom stereocenters. The van der Waals surface area contributed by atoms with Gasteiger partial charge in [0.1, 0.15) is 23.1 Å². The highest BCUT2D eigenvalue weighted by Gasteiger charge is 2.58. The molecule has 2 aliphatic heterocycles. The molecule has 1 fully saturated rings. The summed E-state index contributed by atoms with van der Waals surface area (Å²) in [5, 5.41) is 3.01. The fourth-order valence-electron chi connectivity index (χ4n) is 3.44. The summed E-state index contributed by atoms with van der Waals surface area (Å²) in [6, 6.07) is 3.57. The van der Waals surface area contributed by atoms with Gasteiger partial charge in [-0.05, 0) is 23.8 Å². The number of halogens is 5. The molecule has 1 aromatic heterocycles. The minimum atomic E-state index is -4.57. The van der Waals surface area contributed by atoms with E-state index in [0.717, 1.165) is 0 Å². The van der Waals surface area contributed by atoms with E-state index in [2.05, 4.69) is 41.7 Å². The van der Waals surface area contributed by atoms with Crippen molar-refractivity contribution in [3.05, 3.63) is 57.0 Å². The van der Waals surface area contributed by atoms with Crippen molar-refractivity contribution in [2.45, 2.75) is 24.1 Å². The van der Waals surface area contributed by atoms with Crippen LogP contribution in [0.15, 0.2) is 40.1 Å². The Balaban J connectivity index is 1.55. The molecule has 168 valence electrons. The molecule has 13 heteroatoms. The lowest BCUT2D eigenvalue weighted by molar-refractivity contribution is -0.183. The van der Waals surface area contributed by atoms with Crippen molar-refractivity contribution in [1.29, 1.82) is 0 Å². The molecule has 0 spiro atoms. The lowest BCUT2D eigenvalue weighted by atomic mass is 9.77. The van der Waals surface area contributed by atoms with Gasteiger partial charge in [0.25, 0.3) is 5.91 Å². The molecule has 7 nitrogen and oxygen atoms in total. The smallest absolute Gasteiger partial charge is 0.362 e. The van der Waals surface area contributed by atoms with E-state index in [1.807, 2.05) is 0 Å².